The summed E-state index contributed by atoms with van der Waals surface area (Å²) in [5.74, 6) is -1.55. The van der Waals surface area contributed by atoms with Crippen LogP contribution >= 0.6 is 23.2 Å². The number of ether oxygens (including phenoxy) is 1. The maximum atomic E-state index is 14.2. The maximum absolute atomic E-state index is 14.2. The topological polar surface area (TPSA) is 75.7 Å². The van der Waals surface area contributed by atoms with E-state index in [0.717, 1.165) is 16.4 Å². The minimum atomic E-state index is -4.08. The van der Waals surface area contributed by atoms with Gasteiger partial charge in [0, 0.05) is 34.4 Å². The number of anilines is 1. The zero-order valence-electron chi connectivity index (χ0n) is 13.9. The van der Waals surface area contributed by atoms with Crippen molar-refractivity contribution in [3.8, 4) is 0 Å². The molecule has 1 fully saturated rings. The summed E-state index contributed by atoms with van der Waals surface area (Å²) in [6, 6.07) is 7.65. The summed E-state index contributed by atoms with van der Waals surface area (Å²) in [6.07, 6.45) is 0. The van der Waals surface area contributed by atoms with Crippen LogP contribution in [0, 0.1) is 5.82 Å². The molecule has 0 unspecified atom stereocenters. The number of morpholine rings is 1. The Morgan fingerprint density at radius 3 is 2.33 bits per heavy atom. The van der Waals surface area contributed by atoms with Crippen molar-refractivity contribution < 1.29 is 22.3 Å². The van der Waals surface area contributed by atoms with E-state index in [1.54, 1.807) is 0 Å². The minimum absolute atomic E-state index is 0.0145. The number of amides is 1. The predicted octanol–water partition coefficient (Wildman–Crippen LogP) is 3.41. The van der Waals surface area contributed by atoms with Gasteiger partial charge in [-0.15, -0.1) is 0 Å². The summed E-state index contributed by atoms with van der Waals surface area (Å²) in [7, 11) is -4.08. The number of halogens is 3. The van der Waals surface area contributed by atoms with Crippen molar-refractivity contribution in [1.29, 1.82) is 0 Å². The van der Waals surface area contributed by atoms with E-state index in [1.165, 1.54) is 24.3 Å². The fourth-order valence-electron chi connectivity index (χ4n) is 2.60. The number of hydrogen-bond donors (Lipinski definition) is 1. The van der Waals surface area contributed by atoms with Crippen molar-refractivity contribution >= 4 is 44.8 Å². The van der Waals surface area contributed by atoms with Gasteiger partial charge < -0.3 is 10.1 Å². The molecule has 1 heterocycles. The summed E-state index contributed by atoms with van der Waals surface area (Å²) >= 11 is 11.8. The van der Waals surface area contributed by atoms with E-state index in [1.807, 2.05) is 0 Å². The van der Waals surface area contributed by atoms with Crippen molar-refractivity contribution in [3.63, 3.8) is 0 Å². The average molecular weight is 433 g/mol. The molecule has 0 atom stereocenters. The van der Waals surface area contributed by atoms with Crippen molar-refractivity contribution in [2.75, 3.05) is 31.6 Å². The Morgan fingerprint density at radius 1 is 1.07 bits per heavy atom. The third kappa shape index (κ3) is 4.59. The van der Waals surface area contributed by atoms with Gasteiger partial charge in [0.1, 0.15) is 10.7 Å². The second kappa shape index (κ2) is 8.12. The van der Waals surface area contributed by atoms with Gasteiger partial charge >= 0.3 is 0 Å². The van der Waals surface area contributed by atoms with Gasteiger partial charge in [0.05, 0.1) is 13.2 Å². The Labute approximate surface area is 165 Å². The number of carbonyl (C=O) groups is 1. The number of rotatable bonds is 4. The first-order chi connectivity index (χ1) is 12.8. The first kappa shape index (κ1) is 20.0. The van der Waals surface area contributed by atoms with Crippen LogP contribution in [0.25, 0.3) is 0 Å². The lowest BCUT2D eigenvalue weighted by Gasteiger charge is -2.26. The maximum Gasteiger partial charge on any atom is 0.255 e. The van der Waals surface area contributed by atoms with Gasteiger partial charge in [0.25, 0.3) is 5.91 Å². The first-order valence-corrected chi connectivity index (χ1v) is 10.1. The lowest BCUT2D eigenvalue weighted by atomic mass is 10.2. The molecule has 1 amide bonds. The van der Waals surface area contributed by atoms with Gasteiger partial charge in [0.2, 0.25) is 10.0 Å². The number of sulfonamides is 1. The standard InChI is InChI=1S/C17H15Cl2FN2O4S/c18-12-8-13(19)10-14(9-12)21-17(23)11-1-2-15(20)16(7-11)27(24,25)22-3-5-26-6-4-22/h1-2,7-10H,3-6H2,(H,21,23). The molecule has 0 aromatic heterocycles. The molecular formula is C17H15Cl2FN2O4S. The number of nitrogens with zero attached hydrogens (tertiary/aromatic N) is 1. The highest BCUT2D eigenvalue weighted by molar-refractivity contribution is 7.89. The molecule has 10 heteroatoms. The lowest BCUT2D eigenvalue weighted by Crippen LogP contribution is -2.41. The predicted molar refractivity (Wildman–Crippen MR) is 100 cm³/mol. The second-order valence-corrected chi connectivity index (χ2v) is 8.55. The van der Waals surface area contributed by atoms with E-state index >= 15 is 0 Å². The van der Waals surface area contributed by atoms with Crippen LogP contribution in [0.4, 0.5) is 10.1 Å². The number of carbonyl (C=O) groups excluding carboxylic acids is 1. The summed E-state index contributed by atoms with van der Waals surface area (Å²) in [6.45, 7) is 0.714. The molecule has 1 saturated heterocycles. The lowest BCUT2D eigenvalue weighted by molar-refractivity contribution is 0.0729. The molecule has 2 aromatic rings. The zero-order chi connectivity index (χ0) is 19.6. The highest BCUT2D eigenvalue weighted by Crippen LogP contribution is 2.25. The van der Waals surface area contributed by atoms with Crippen molar-refractivity contribution in [3.05, 3.63) is 57.8 Å². The number of hydrogen-bond acceptors (Lipinski definition) is 4. The second-order valence-electron chi connectivity index (χ2n) is 5.77. The van der Waals surface area contributed by atoms with Crippen LogP contribution in [-0.2, 0) is 14.8 Å². The monoisotopic (exact) mass is 432 g/mol. The molecule has 0 spiro atoms. The Hall–Kier alpha value is -1.71. The van der Waals surface area contributed by atoms with E-state index in [4.69, 9.17) is 27.9 Å². The Kier molecular flexibility index (Phi) is 6.02. The molecule has 2 aromatic carbocycles. The SMILES string of the molecule is O=C(Nc1cc(Cl)cc(Cl)c1)c1ccc(F)c(S(=O)(=O)N2CCOCC2)c1. The molecule has 6 nitrogen and oxygen atoms in total. The normalized spacial score (nSPS) is 15.5. The number of benzene rings is 2. The average Bonchev–Trinajstić information content (AvgIpc) is 2.61. The quantitative estimate of drug-likeness (QED) is 0.802. The molecule has 0 saturated carbocycles. The summed E-state index contributed by atoms with van der Waals surface area (Å²) < 4.78 is 45.9. The van der Waals surface area contributed by atoms with E-state index in [0.29, 0.717) is 15.7 Å². The molecule has 0 bridgehead atoms. The van der Waals surface area contributed by atoms with Gasteiger partial charge in [-0.3, -0.25) is 4.79 Å². The molecule has 27 heavy (non-hydrogen) atoms. The Morgan fingerprint density at radius 2 is 1.70 bits per heavy atom. The van der Waals surface area contributed by atoms with Crippen LogP contribution in [-0.4, -0.2) is 44.9 Å². The van der Waals surface area contributed by atoms with E-state index in [9.17, 15) is 17.6 Å². The van der Waals surface area contributed by atoms with Crippen LogP contribution in [0.2, 0.25) is 10.0 Å². The van der Waals surface area contributed by atoms with E-state index < -0.39 is 26.6 Å². The van der Waals surface area contributed by atoms with E-state index in [-0.39, 0.29) is 31.9 Å². The Balaban J connectivity index is 1.89. The van der Waals surface area contributed by atoms with Crippen LogP contribution < -0.4 is 5.32 Å². The molecule has 3 rings (SSSR count). The fourth-order valence-corrected chi connectivity index (χ4v) is 4.62. The smallest absolute Gasteiger partial charge is 0.255 e. The first-order valence-electron chi connectivity index (χ1n) is 7.92. The van der Waals surface area contributed by atoms with Gasteiger partial charge in [0.15, 0.2) is 0 Å². The number of nitrogens with one attached hydrogen (secondary N) is 1. The summed E-state index contributed by atoms with van der Waals surface area (Å²) in [5.41, 5.74) is 0.318. The third-order valence-corrected chi connectivity index (χ3v) is 6.25. The van der Waals surface area contributed by atoms with Gasteiger partial charge in [-0.25, -0.2) is 12.8 Å². The molecule has 0 radical (unpaired) electrons. The third-order valence-electron chi connectivity index (χ3n) is 3.90. The molecule has 1 aliphatic heterocycles. The molecule has 1 aliphatic rings. The summed E-state index contributed by atoms with van der Waals surface area (Å²) in [4.78, 5) is 11.9. The van der Waals surface area contributed by atoms with Crippen molar-refractivity contribution in [2.45, 2.75) is 4.90 Å². The highest BCUT2D eigenvalue weighted by atomic mass is 35.5. The summed E-state index contributed by atoms with van der Waals surface area (Å²) in [5, 5.41) is 3.21. The minimum Gasteiger partial charge on any atom is -0.379 e. The molecule has 1 N–H and O–H groups in total. The molecular weight excluding hydrogens is 418 g/mol. The Bertz CT molecular complexity index is 959. The van der Waals surface area contributed by atoms with Crippen molar-refractivity contribution in [1.82, 2.24) is 4.31 Å². The van der Waals surface area contributed by atoms with Gasteiger partial charge in [-0.1, -0.05) is 23.2 Å². The zero-order valence-corrected chi connectivity index (χ0v) is 16.2. The van der Waals surface area contributed by atoms with Crippen molar-refractivity contribution in [2.24, 2.45) is 0 Å². The van der Waals surface area contributed by atoms with Gasteiger partial charge in [-0.05, 0) is 36.4 Å². The van der Waals surface area contributed by atoms with Gasteiger partial charge in [-0.2, -0.15) is 4.31 Å². The molecule has 0 aliphatic carbocycles. The fraction of sp³-hybridized carbons (Fsp3) is 0.235. The van der Waals surface area contributed by atoms with Crippen LogP contribution in [0.15, 0.2) is 41.3 Å². The highest BCUT2D eigenvalue weighted by Gasteiger charge is 2.29. The van der Waals surface area contributed by atoms with Crippen LogP contribution in [0.1, 0.15) is 10.4 Å². The molecule has 144 valence electrons. The van der Waals surface area contributed by atoms with Crippen LogP contribution in [0.5, 0.6) is 0 Å². The van der Waals surface area contributed by atoms with E-state index in [2.05, 4.69) is 5.32 Å². The largest absolute Gasteiger partial charge is 0.379 e. The van der Waals surface area contributed by atoms with Crippen LogP contribution in [0.3, 0.4) is 0 Å².